The van der Waals surface area contributed by atoms with Gasteiger partial charge in [0.2, 0.25) is 5.91 Å². The van der Waals surface area contributed by atoms with Gasteiger partial charge in [0.25, 0.3) is 5.91 Å². The number of benzene rings is 2. The quantitative estimate of drug-likeness (QED) is 0.614. The first-order chi connectivity index (χ1) is 13.1. The SMILES string of the molecule is CCN(CC)C(=O)c1ccc(NC(=O)CSCc2ccc(SC)cc2)cc1. The number of hydrogen-bond acceptors (Lipinski definition) is 4. The van der Waals surface area contributed by atoms with Crippen LogP contribution in [0, 0.1) is 0 Å². The first kappa shape index (κ1) is 21.4. The molecule has 27 heavy (non-hydrogen) atoms. The summed E-state index contributed by atoms with van der Waals surface area (Å²) >= 11 is 3.30. The number of anilines is 1. The van der Waals surface area contributed by atoms with Gasteiger partial charge in [-0.05, 0) is 62.1 Å². The van der Waals surface area contributed by atoms with Crippen molar-refractivity contribution in [1.29, 1.82) is 0 Å². The van der Waals surface area contributed by atoms with E-state index in [0.717, 1.165) is 5.75 Å². The molecule has 0 saturated heterocycles. The largest absolute Gasteiger partial charge is 0.339 e. The van der Waals surface area contributed by atoms with Gasteiger partial charge in [-0.3, -0.25) is 9.59 Å². The number of nitrogens with zero attached hydrogens (tertiary/aromatic N) is 1. The van der Waals surface area contributed by atoms with E-state index in [1.165, 1.54) is 10.5 Å². The molecular formula is C21H26N2O2S2. The van der Waals surface area contributed by atoms with E-state index in [-0.39, 0.29) is 11.8 Å². The highest BCUT2D eigenvalue weighted by molar-refractivity contribution is 7.99. The zero-order valence-corrected chi connectivity index (χ0v) is 17.7. The van der Waals surface area contributed by atoms with Crippen molar-refractivity contribution >= 4 is 41.0 Å². The minimum Gasteiger partial charge on any atom is -0.339 e. The Morgan fingerprint density at radius 3 is 2.15 bits per heavy atom. The van der Waals surface area contributed by atoms with Gasteiger partial charge in [0.05, 0.1) is 5.75 Å². The lowest BCUT2D eigenvalue weighted by atomic mass is 10.2. The fourth-order valence-electron chi connectivity index (χ4n) is 2.57. The summed E-state index contributed by atoms with van der Waals surface area (Å²) in [6, 6.07) is 15.5. The zero-order valence-electron chi connectivity index (χ0n) is 16.0. The number of rotatable bonds is 9. The van der Waals surface area contributed by atoms with E-state index in [1.807, 2.05) is 13.8 Å². The molecule has 0 aliphatic carbocycles. The average molecular weight is 403 g/mol. The van der Waals surface area contributed by atoms with Gasteiger partial charge < -0.3 is 10.2 Å². The number of thioether (sulfide) groups is 2. The van der Waals surface area contributed by atoms with Crippen LogP contribution in [-0.4, -0.2) is 41.8 Å². The highest BCUT2D eigenvalue weighted by Gasteiger charge is 2.12. The summed E-state index contributed by atoms with van der Waals surface area (Å²) in [6.07, 6.45) is 2.06. The molecule has 0 saturated carbocycles. The third-order valence-electron chi connectivity index (χ3n) is 4.13. The molecule has 2 rings (SSSR count). The topological polar surface area (TPSA) is 49.4 Å². The normalized spacial score (nSPS) is 10.5. The van der Waals surface area contributed by atoms with Crippen LogP contribution in [-0.2, 0) is 10.5 Å². The molecule has 0 aliphatic rings. The molecule has 0 aromatic heterocycles. The summed E-state index contributed by atoms with van der Waals surface area (Å²) in [7, 11) is 0. The van der Waals surface area contributed by atoms with Crippen LogP contribution >= 0.6 is 23.5 Å². The van der Waals surface area contributed by atoms with Gasteiger partial charge in [-0.2, -0.15) is 0 Å². The van der Waals surface area contributed by atoms with Crippen LogP contribution in [0.5, 0.6) is 0 Å². The molecule has 6 heteroatoms. The Morgan fingerprint density at radius 1 is 0.963 bits per heavy atom. The molecule has 144 valence electrons. The Morgan fingerprint density at radius 2 is 1.59 bits per heavy atom. The van der Waals surface area contributed by atoms with E-state index in [1.54, 1.807) is 52.7 Å². The predicted octanol–water partition coefficient (Wildman–Crippen LogP) is 4.76. The Bertz CT molecular complexity index is 742. The lowest BCUT2D eigenvalue weighted by Crippen LogP contribution is -2.30. The number of hydrogen-bond donors (Lipinski definition) is 1. The maximum Gasteiger partial charge on any atom is 0.253 e. The van der Waals surface area contributed by atoms with Crippen molar-refractivity contribution in [2.75, 3.05) is 30.4 Å². The molecule has 0 spiro atoms. The molecule has 2 amide bonds. The molecular weight excluding hydrogens is 376 g/mol. The molecule has 1 N–H and O–H groups in total. The third-order valence-corrected chi connectivity index (χ3v) is 5.87. The van der Waals surface area contributed by atoms with Crippen LogP contribution in [0.2, 0.25) is 0 Å². The van der Waals surface area contributed by atoms with Gasteiger partial charge in [0, 0.05) is 35.0 Å². The van der Waals surface area contributed by atoms with E-state index < -0.39 is 0 Å². The number of carbonyl (C=O) groups is 2. The lowest BCUT2D eigenvalue weighted by Gasteiger charge is -2.18. The lowest BCUT2D eigenvalue weighted by molar-refractivity contribution is -0.113. The number of carbonyl (C=O) groups excluding carboxylic acids is 2. The van der Waals surface area contributed by atoms with Crippen LogP contribution < -0.4 is 5.32 Å². The Kier molecular flexibility index (Phi) is 8.75. The van der Waals surface area contributed by atoms with Crippen LogP contribution in [0.15, 0.2) is 53.4 Å². The van der Waals surface area contributed by atoms with Gasteiger partial charge in [-0.1, -0.05) is 12.1 Å². The molecule has 0 heterocycles. The maximum atomic E-state index is 12.3. The first-order valence-electron chi connectivity index (χ1n) is 8.97. The van der Waals surface area contributed by atoms with Crippen molar-refractivity contribution in [3.63, 3.8) is 0 Å². The van der Waals surface area contributed by atoms with Crippen molar-refractivity contribution in [3.8, 4) is 0 Å². The van der Waals surface area contributed by atoms with E-state index in [0.29, 0.717) is 30.1 Å². The summed E-state index contributed by atoms with van der Waals surface area (Å²) < 4.78 is 0. The second-order valence-corrected chi connectivity index (χ2v) is 7.81. The summed E-state index contributed by atoms with van der Waals surface area (Å²) in [5, 5.41) is 2.88. The van der Waals surface area contributed by atoms with Gasteiger partial charge in [-0.25, -0.2) is 0 Å². The Balaban J connectivity index is 1.80. The van der Waals surface area contributed by atoms with Gasteiger partial charge in [0.1, 0.15) is 0 Å². The fraction of sp³-hybridized carbons (Fsp3) is 0.333. The minimum absolute atomic E-state index is 0.0147. The van der Waals surface area contributed by atoms with Crippen molar-refractivity contribution in [2.24, 2.45) is 0 Å². The van der Waals surface area contributed by atoms with Gasteiger partial charge in [-0.15, -0.1) is 23.5 Å². The molecule has 0 aliphatic heterocycles. The van der Waals surface area contributed by atoms with Crippen LogP contribution in [0.4, 0.5) is 5.69 Å². The monoisotopic (exact) mass is 402 g/mol. The van der Waals surface area contributed by atoms with E-state index in [2.05, 4.69) is 35.8 Å². The van der Waals surface area contributed by atoms with Gasteiger partial charge in [0.15, 0.2) is 0 Å². The third kappa shape index (κ3) is 6.63. The molecule has 4 nitrogen and oxygen atoms in total. The molecule has 0 unspecified atom stereocenters. The van der Waals surface area contributed by atoms with E-state index >= 15 is 0 Å². The second kappa shape index (κ2) is 11.0. The molecule has 0 bridgehead atoms. The minimum atomic E-state index is -0.0384. The Hall–Kier alpha value is -1.92. The molecule has 2 aromatic carbocycles. The van der Waals surface area contributed by atoms with Gasteiger partial charge >= 0.3 is 0 Å². The average Bonchev–Trinajstić information content (AvgIpc) is 2.70. The number of amides is 2. The molecule has 0 radical (unpaired) electrons. The Labute approximate surface area is 170 Å². The standard InChI is InChI=1S/C21H26N2O2S2/c1-4-23(5-2)21(25)17-8-10-18(11-9-17)22-20(24)15-27-14-16-6-12-19(26-3)13-7-16/h6-13H,4-5,14-15H2,1-3H3,(H,22,24). The molecule has 0 fully saturated rings. The van der Waals surface area contributed by atoms with Crippen LogP contribution in [0.25, 0.3) is 0 Å². The summed E-state index contributed by atoms with van der Waals surface area (Å²) in [4.78, 5) is 27.4. The second-order valence-electron chi connectivity index (χ2n) is 5.94. The van der Waals surface area contributed by atoms with Crippen LogP contribution in [0.1, 0.15) is 29.8 Å². The summed E-state index contributed by atoms with van der Waals surface area (Å²) in [5.41, 5.74) is 2.56. The van der Waals surface area contributed by atoms with Crippen molar-refractivity contribution < 1.29 is 9.59 Å². The van der Waals surface area contributed by atoms with Crippen molar-refractivity contribution in [3.05, 3.63) is 59.7 Å². The highest BCUT2D eigenvalue weighted by Crippen LogP contribution is 2.18. The fourth-order valence-corrected chi connectivity index (χ4v) is 3.77. The van der Waals surface area contributed by atoms with Crippen molar-refractivity contribution in [2.45, 2.75) is 24.5 Å². The summed E-state index contributed by atoms with van der Waals surface area (Å²) in [5.74, 6) is 1.17. The zero-order chi connectivity index (χ0) is 19.6. The summed E-state index contributed by atoms with van der Waals surface area (Å²) in [6.45, 7) is 5.30. The van der Waals surface area contributed by atoms with E-state index in [9.17, 15) is 9.59 Å². The van der Waals surface area contributed by atoms with Crippen molar-refractivity contribution in [1.82, 2.24) is 4.90 Å². The predicted molar refractivity (Wildman–Crippen MR) is 117 cm³/mol. The maximum absolute atomic E-state index is 12.3. The smallest absolute Gasteiger partial charge is 0.253 e. The molecule has 0 atom stereocenters. The molecule has 2 aromatic rings. The highest BCUT2D eigenvalue weighted by atomic mass is 32.2. The number of nitrogens with one attached hydrogen (secondary N) is 1. The van der Waals surface area contributed by atoms with Crippen LogP contribution in [0.3, 0.4) is 0 Å². The van der Waals surface area contributed by atoms with E-state index in [4.69, 9.17) is 0 Å². The first-order valence-corrected chi connectivity index (χ1v) is 11.3.